The predicted molar refractivity (Wildman–Crippen MR) is 90.4 cm³/mol. The lowest BCUT2D eigenvalue weighted by atomic mass is 9.78. The van der Waals surface area contributed by atoms with Crippen molar-refractivity contribution >= 4 is 17.7 Å². The van der Waals surface area contributed by atoms with Crippen LogP contribution in [0.4, 0.5) is 0 Å². The average Bonchev–Trinajstić information content (AvgIpc) is 3.40. The number of hydrogen-bond donors (Lipinski definition) is 0. The number of ketones is 1. The number of carbonyl (C=O) groups excluding carboxylic acids is 3. The summed E-state index contributed by atoms with van der Waals surface area (Å²) in [6.07, 6.45) is -1.72. The molecule has 7 heteroatoms. The van der Waals surface area contributed by atoms with Crippen LogP contribution in [0.2, 0.25) is 0 Å². The Morgan fingerprint density at radius 2 is 1.89 bits per heavy atom. The molecular formula is C20H22O7. The van der Waals surface area contributed by atoms with Gasteiger partial charge in [-0.1, -0.05) is 18.7 Å². The molecule has 2 aliphatic carbocycles. The monoisotopic (exact) mass is 374 g/mol. The van der Waals surface area contributed by atoms with E-state index >= 15 is 0 Å². The Morgan fingerprint density at radius 1 is 1.22 bits per heavy atom. The predicted octanol–water partition coefficient (Wildman–Crippen LogP) is 1.11. The zero-order chi connectivity index (χ0) is 19.5. The van der Waals surface area contributed by atoms with E-state index in [2.05, 4.69) is 13.2 Å². The number of hydrogen-bond acceptors (Lipinski definition) is 7. The first kappa shape index (κ1) is 17.1. The van der Waals surface area contributed by atoms with Crippen molar-refractivity contribution < 1.29 is 33.3 Å². The highest BCUT2D eigenvalue weighted by Gasteiger charge is 2.76. The number of esters is 2. The van der Waals surface area contributed by atoms with Crippen molar-refractivity contribution in [3.63, 3.8) is 0 Å². The minimum Gasteiger partial charge on any atom is -0.459 e. The molecule has 5 aliphatic rings. The minimum absolute atomic E-state index is 0.0297. The molecule has 7 nitrogen and oxygen atoms in total. The van der Waals surface area contributed by atoms with Crippen LogP contribution < -0.4 is 0 Å². The van der Waals surface area contributed by atoms with Gasteiger partial charge in [-0.3, -0.25) is 4.79 Å². The maximum Gasteiger partial charge on any atom is 0.341 e. The Bertz CT molecular complexity index is 830. The lowest BCUT2D eigenvalue weighted by Crippen LogP contribution is -2.42. The first-order valence-corrected chi connectivity index (χ1v) is 9.27. The van der Waals surface area contributed by atoms with E-state index < -0.39 is 53.3 Å². The standard InChI is InChI=1S/C20H22O7/c1-7-6-10(24-18(23)19(4)9(3)26-19)12-8(2)17(22)25-15(12)13-11(7)14(21)16-20(13,5)27-16/h9-13,15-16H,1-2,6H2,3-5H3. The van der Waals surface area contributed by atoms with Gasteiger partial charge in [0.15, 0.2) is 11.4 Å². The van der Waals surface area contributed by atoms with Gasteiger partial charge in [0.1, 0.15) is 23.9 Å². The number of carbonyl (C=O) groups is 3. The van der Waals surface area contributed by atoms with Crippen molar-refractivity contribution in [1.82, 2.24) is 0 Å². The fraction of sp³-hybridized carbons (Fsp3) is 0.650. The Hall–Kier alpha value is -1.99. The van der Waals surface area contributed by atoms with Gasteiger partial charge in [0, 0.05) is 17.9 Å². The van der Waals surface area contributed by atoms with E-state index in [0.717, 1.165) is 0 Å². The van der Waals surface area contributed by atoms with Gasteiger partial charge < -0.3 is 18.9 Å². The Labute approximate surface area is 156 Å². The third-order valence-electron chi connectivity index (χ3n) is 7.14. The van der Waals surface area contributed by atoms with Crippen LogP contribution in [0, 0.1) is 17.8 Å². The van der Waals surface area contributed by atoms with Gasteiger partial charge in [-0.25, -0.2) is 9.59 Å². The average molecular weight is 374 g/mol. The van der Waals surface area contributed by atoms with E-state index in [1.165, 1.54) is 0 Å². The second-order valence-electron chi connectivity index (χ2n) is 8.68. The van der Waals surface area contributed by atoms with Crippen molar-refractivity contribution in [3.05, 3.63) is 24.3 Å². The van der Waals surface area contributed by atoms with E-state index in [1.807, 2.05) is 6.92 Å². The first-order valence-electron chi connectivity index (χ1n) is 9.27. The Balaban J connectivity index is 1.51. The number of rotatable bonds is 2. The molecule has 3 saturated heterocycles. The third-order valence-corrected chi connectivity index (χ3v) is 7.14. The van der Waals surface area contributed by atoms with E-state index in [4.69, 9.17) is 18.9 Å². The highest BCUT2D eigenvalue weighted by atomic mass is 16.7. The van der Waals surface area contributed by atoms with E-state index in [0.29, 0.717) is 5.57 Å². The quantitative estimate of drug-likeness (QED) is 0.309. The van der Waals surface area contributed by atoms with Gasteiger partial charge in [0.2, 0.25) is 0 Å². The highest BCUT2D eigenvalue weighted by Crippen LogP contribution is 2.62. The zero-order valence-corrected chi connectivity index (χ0v) is 15.5. The Morgan fingerprint density at radius 3 is 2.52 bits per heavy atom. The lowest BCUT2D eigenvalue weighted by Gasteiger charge is -2.30. The fourth-order valence-electron chi connectivity index (χ4n) is 5.22. The van der Waals surface area contributed by atoms with Crippen LogP contribution in [-0.2, 0) is 33.3 Å². The van der Waals surface area contributed by atoms with Gasteiger partial charge in [-0.15, -0.1) is 0 Å². The molecule has 0 aromatic heterocycles. The van der Waals surface area contributed by atoms with Gasteiger partial charge >= 0.3 is 11.9 Å². The SMILES string of the molecule is C=C1CC(OC(=O)C2(C)OC2C)C2C(=C)C(=O)OC2C2C1C(=O)C1OC12C. The largest absolute Gasteiger partial charge is 0.459 e. The van der Waals surface area contributed by atoms with Crippen LogP contribution >= 0.6 is 0 Å². The van der Waals surface area contributed by atoms with E-state index in [1.54, 1.807) is 13.8 Å². The second-order valence-corrected chi connectivity index (χ2v) is 8.68. The van der Waals surface area contributed by atoms with Crippen LogP contribution in [0.5, 0.6) is 0 Å². The molecule has 0 spiro atoms. The van der Waals surface area contributed by atoms with E-state index in [-0.39, 0.29) is 29.8 Å². The summed E-state index contributed by atoms with van der Waals surface area (Å²) in [4.78, 5) is 37.7. The number of ether oxygens (including phenoxy) is 4. The fourth-order valence-corrected chi connectivity index (χ4v) is 5.22. The molecule has 9 unspecified atom stereocenters. The van der Waals surface area contributed by atoms with Gasteiger partial charge in [0.25, 0.3) is 0 Å². The van der Waals surface area contributed by atoms with Crippen LogP contribution in [0.3, 0.4) is 0 Å². The lowest BCUT2D eigenvalue weighted by molar-refractivity contribution is -0.159. The molecular weight excluding hydrogens is 352 g/mol. The third kappa shape index (κ3) is 2.01. The second kappa shape index (κ2) is 4.89. The minimum atomic E-state index is -0.976. The molecule has 5 fully saturated rings. The van der Waals surface area contributed by atoms with Crippen LogP contribution in [-0.4, -0.2) is 53.3 Å². The summed E-state index contributed by atoms with van der Waals surface area (Å²) in [5.41, 5.74) is -0.692. The highest BCUT2D eigenvalue weighted by molar-refractivity contribution is 5.96. The van der Waals surface area contributed by atoms with Crippen LogP contribution in [0.25, 0.3) is 0 Å². The van der Waals surface area contributed by atoms with Gasteiger partial charge in [-0.2, -0.15) is 0 Å². The maximum absolute atomic E-state index is 12.8. The number of Topliss-reactive ketones (excluding diaryl/α,β-unsaturated/α-hetero) is 1. The molecule has 0 N–H and O–H groups in total. The molecule has 9 atom stereocenters. The number of fused-ring (bicyclic) bond motifs is 5. The normalized spacial score (nSPS) is 52.5. The van der Waals surface area contributed by atoms with Crippen molar-refractivity contribution in [3.8, 4) is 0 Å². The summed E-state index contributed by atoms with van der Waals surface area (Å²) in [5, 5.41) is 0. The summed E-state index contributed by atoms with van der Waals surface area (Å²) in [7, 11) is 0. The topological polar surface area (TPSA) is 94.7 Å². The molecule has 144 valence electrons. The molecule has 0 bridgehead atoms. The summed E-state index contributed by atoms with van der Waals surface area (Å²) >= 11 is 0. The molecule has 0 aromatic carbocycles. The molecule has 27 heavy (non-hydrogen) atoms. The van der Waals surface area contributed by atoms with Crippen molar-refractivity contribution in [2.75, 3.05) is 0 Å². The van der Waals surface area contributed by atoms with Crippen molar-refractivity contribution in [2.45, 2.75) is 62.8 Å². The van der Waals surface area contributed by atoms with Crippen LogP contribution in [0.15, 0.2) is 24.3 Å². The summed E-state index contributed by atoms with van der Waals surface area (Å²) in [6, 6.07) is 0. The summed E-state index contributed by atoms with van der Waals surface area (Å²) in [5.74, 6) is -2.36. The molecule has 0 radical (unpaired) electrons. The van der Waals surface area contributed by atoms with Crippen LogP contribution in [0.1, 0.15) is 27.2 Å². The molecule has 0 amide bonds. The van der Waals surface area contributed by atoms with E-state index in [9.17, 15) is 14.4 Å². The molecule has 0 aromatic rings. The maximum atomic E-state index is 12.8. The molecule has 3 aliphatic heterocycles. The summed E-state index contributed by atoms with van der Waals surface area (Å²) < 4.78 is 22.4. The molecule has 2 saturated carbocycles. The summed E-state index contributed by atoms with van der Waals surface area (Å²) in [6.45, 7) is 13.3. The Kier molecular flexibility index (Phi) is 3.10. The number of epoxide rings is 2. The molecule has 5 rings (SSSR count). The smallest absolute Gasteiger partial charge is 0.341 e. The zero-order valence-electron chi connectivity index (χ0n) is 15.5. The van der Waals surface area contributed by atoms with Crippen molar-refractivity contribution in [2.24, 2.45) is 17.8 Å². The van der Waals surface area contributed by atoms with Gasteiger partial charge in [0.05, 0.1) is 17.9 Å². The molecule has 3 heterocycles. The van der Waals surface area contributed by atoms with Crippen molar-refractivity contribution in [1.29, 1.82) is 0 Å². The van der Waals surface area contributed by atoms with Gasteiger partial charge in [-0.05, 0) is 20.8 Å². The first-order chi connectivity index (χ1) is 12.6.